The number of rotatable bonds is 7. The van der Waals surface area contributed by atoms with Gasteiger partial charge in [0.1, 0.15) is 6.61 Å². The van der Waals surface area contributed by atoms with Crippen LogP contribution >= 0.6 is 35.0 Å². The van der Waals surface area contributed by atoms with Gasteiger partial charge in [-0.05, 0) is 64.9 Å². The summed E-state index contributed by atoms with van der Waals surface area (Å²) in [5, 5.41) is 0.820. The summed E-state index contributed by atoms with van der Waals surface area (Å²) in [6.45, 7) is 0.457. The Morgan fingerprint density at radius 1 is 0.970 bits per heavy atom. The third-order valence-corrected chi connectivity index (χ3v) is 6.44. The fourth-order valence-corrected chi connectivity index (χ4v) is 4.51. The predicted octanol–water partition coefficient (Wildman–Crippen LogP) is 6.82. The Labute approximate surface area is 205 Å². The summed E-state index contributed by atoms with van der Waals surface area (Å²) in [6.07, 6.45) is 1.67. The zero-order valence-electron chi connectivity index (χ0n) is 17.6. The van der Waals surface area contributed by atoms with Gasteiger partial charge in [-0.25, -0.2) is 0 Å². The van der Waals surface area contributed by atoms with Gasteiger partial charge in [-0.1, -0.05) is 59.6 Å². The second-order valence-corrected chi connectivity index (χ2v) is 9.02. The standard InChI is InChI=1S/C25H19Cl2NO4S/c1-31-22-12-16(9-10-21(22)32-15-17-5-4-7-19(26)11-17)13-23-24(29)28(25(30)33-23)14-18-6-2-3-8-20(18)27/h2-13H,14-15H2,1H3/b23-13-. The van der Waals surface area contributed by atoms with Crippen molar-refractivity contribution in [1.82, 2.24) is 4.90 Å². The van der Waals surface area contributed by atoms with E-state index in [1.54, 1.807) is 55.7 Å². The Hall–Kier alpha value is -2.93. The number of hydrogen-bond donors (Lipinski definition) is 0. The van der Waals surface area contributed by atoms with Crippen molar-refractivity contribution in [1.29, 1.82) is 0 Å². The van der Waals surface area contributed by atoms with Gasteiger partial charge in [0, 0.05) is 10.0 Å². The van der Waals surface area contributed by atoms with Crippen molar-refractivity contribution in [3.05, 3.63) is 98.4 Å². The molecule has 0 unspecified atom stereocenters. The highest BCUT2D eigenvalue weighted by atomic mass is 35.5. The third kappa shape index (κ3) is 5.53. The fraction of sp³-hybridized carbons (Fsp3) is 0.120. The van der Waals surface area contributed by atoms with Gasteiger partial charge in [-0.2, -0.15) is 0 Å². The molecular formula is C25H19Cl2NO4S. The molecule has 0 aliphatic carbocycles. The van der Waals surface area contributed by atoms with Crippen molar-refractivity contribution in [2.45, 2.75) is 13.2 Å². The van der Waals surface area contributed by atoms with Crippen LogP contribution in [0.25, 0.3) is 6.08 Å². The number of carbonyl (C=O) groups is 2. The average Bonchev–Trinajstić information content (AvgIpc) is 3.07. The van der Waals surface area contributed by atoms with Crippen LogP contribution in [0.15, 0.2) is 71.6 Å². The Morgan fingerprint density at radius 3 is 2.55 bits per heavy atom. The van der Waals surface area contributed by atoms with E-state index in [4.69, 9.17) is 32.7 Å². The number of thioether (sulfide) groups is 1. The molecule has 1 saturated heterocycles. The van der Waals surface area contributed by atoms with Crippen molar-refractivity contribution < 1.29 is 19.1 Å². The molecule has 1 heterocycles. The fourth-order valence-electron chi connectivity index (χ4n) is 3.27. The van der Waals surface area contributed by atoms with Crippen molar-refractivity contribution in [2.75, 3.05) is 7.11 Å². The highest BCUT2D eigenvalue weighted by Crippen LogP contribution is 2.36. The molecule has 0 bridgehead atoms. The van der Waals surface area contributed by atoms with E-state index in [1.165, 1.54) is 4.90 Å². The number of imide groups is 1. The van der Waals surface area contributed by atoms with Gasteiger partial charge >= 0.3 is 0 Å². The van der Waals surface area contributed by atoms with Crippen LogP contribution in [-0.2, 0) is 17.9 Å². The maximum absolute atomic E-state index is 12.9. The first-order chi connectivity index (χ1) is 15.9. The largest absolute Gasteiger partial charge is 0.493 e. The SMILES string of the molecule is COc1cc(/C=C2\SC(=O)N(Cc3ccccc3Cl)C2=O)ccc1OCc1cccc(Cl)c1. The second-order valence-electron chi connectivity index (χ2n) is 7.19. The van der Waals surface area contributed by atoms with Gasteiger partial charge in [0.25, 0.3) is 11.1 Å². The smallest absolute Gasteiger partial charge is 0.293 e. The summed E-state index contributed by atoms with van der Waals surface area (Å²) in [5.41, 5.74) is 2.36. The van der Waals surface area contributed by atoms with Gasteiger partial charge in [0.15, 0.2) is 11.5 Å². The number of amides is 2. The summed E-state index contributed by atoms with van der Waals surface area (Å²) >= 11 is 13.1. The number of nitrogens with zero attached hydrogens (tertiary/aromatic N) is 1. The lowest BCUT2D eigenvalue weighted by Gasteiger charge is -2.13. The van der Waals surface area contributed by atoms with E-state index in [9.17, 15) is 9.59 Å². The van der Waals surface area contributed by atoms with Crippen LogP contribution in [0, 0.1) is 0 Å². The van der Waals surface area contributed by atoms with Crippen LogP contribution in [0.4, 0.5) is 4.79 Å². The number of hydrogen-bond acceptors (Lipinski definition) is 5. The van der Waals surface area contributed by atoms with Crippen LogP contribution < -0.4 is 9.47 Å². The molecule has 0 aromatic heterocycles. The molecule has 0 spiro atoms. The van der Waals surface area contributed by atoms with Crippen LogP contribution in [0.5, 0.6) is 11.5 Å². The molecule has 5 nitrogen and oxygen atoms in total. The zero-order valence-corrected chi connectivity index (χ0v) is 19.9. The van der Waals surface area contributed by atoms with E-state index in [1.807, 2.05) is 24.3 Å². The highest BCUT2D eigenvalue weighted by molar-refractivity contribution is 8.18. The van der Waals surface area contributed by atoms with Crippen LogP contribution in [0.1, 0.15) is 16.7 Å². The summed E-state index contributed by atoms with van der Waals surface area (Å²) in [6, 6.07) is 19.9. The molecule has 1 aliphatic heterocycles. The van der Waals surface area contributed by atoms with Crippen molar-refractivity contribution in [2.24, 2.45) is 0 Å². The average molecular weight is 500 g/mol. The van der Waals surface area contributed by atoms with Crippen LogP contribution in [-0.4, -0.2) is 23.2 Å². The molecule has 8 heteroatoms. The summed E-state index contributed by atoms with van der Waals surface area (Å²) in [4.78, 5) is 26.8. The van der Waals surface area contributed by atoms with E-state index >= 15 is 0 Å². The summed E-state index contributed by atoms with van der Waals surface area (Å²) in [7, 11) is 1.54. The van der Waals surface area contributed by atoms with Crippen molar-refractivity contribution >= 4 is 52.2 Å². The van der Waals surface area contributed by atoms with Crippen molar-refractivity contribution in [3.63, 3.8) is 0 Å². The topological polar surface area (TPSA) is 55.8 Å². The van der Waals surface area contributed by atoms with Gasteiger partial charge < -0.3 is 9.47 Å². The Bertz CT molecular complexity index is 1240. The molecule has 3 aromatic carbocycles. The van der Waals surface area contributed by atoms with Gasteiger partial charge in [-0.3, -0.25) is 14.5 Å². The van der Waals surface area contributed by atoms with Gasteiger partial charge in [0.05, 0.1) is 18.6 Å². The van der Waals surface area contributed by atoms with E-state index in [2.05, 4.69) is 0 Å². The molecule has 0 saturated carbocycles. The molecule has 3 aromatic rings. The van der Waals surface area contributed by atoms with Crippen molar-refractivity contribution in [3.8, 4) is 11.5 Å². The Kier molecular flexibility index (Phi) is 7.28. The lowest BCUT2D eigenvalue weighted by molar-refractivity contribution is -0.123. The second kappa shape index (κ2) is 10.3. The minimum Gasteiger partial charge on any atom is -0.493 e. The summed E-state index contributed by atoms with van der Waals surface area (Å²) < 4.78 is 11.3. The normalized spacial score (nSPS) is 14.8. The lowest BCUT2D eigenvalue weighted by atomic mass is 10.1. The van der Waals surface area contributed by atoms with E-state index in [-0.39, 0.29) is 17.7 Å². The van der Waals surface area contributed by atoms with Crippen LogP contribution in [0.3, 0.4) is 0 Å². The highest BCUT2D eigenvalue weighted by Gasteiger charge is 2.35. The van der Waals surface area contributed by atoms with E-state index in [0.717, 1.165) is 17.3 Å². The molecular weight excluding hydrogens is 481 g/mol. The molecule has 4 rings (SSSR count). The Morgan fingerprint density at radius 2 is 1.79 bits per heavy atom. The molecule has 0 radical (unpaired) electrons. The molecule has 33 heavy (non-hydrogen) atoms. The Balaban J connectivity index is 1.49. The van der Waals surface area contributed by atoms with Gasteiger partial charge in [-0.15, -0.1) is 0 Å². The monoisotopic (exact) mass is 499 g/mol. The minimum atomic E-state index is -0.356. The maximum atomic E-state index is 12.9. The van der Waals surface area contributed by atoms with E-state index in [0.29, 0.717) is 44.2 Å². The molecule has 0 N–H and O–H groups in total. The first-order valence-corrected chi connectivity index (χ1v) is 11.6. The molecule has 0 atom stereocenters. The third-order valence-electron chi connectivity index (χ3n) is 4.93. The zero-order chi connectivity index (χ0) is 23.4. The molecule has 1 aliphatic rings. The number of methoxy groups -OCH3 is 1. The maximum Gasteiger partial charge on any atom is 0.293 e. The number of halogens is 2. The first kappa shape index (κ1) is 23.2. The quantitative estimate of drug-likeness (QED) is 0.334. The van der Waals surface area contributed by atoms with Crippen LogP contribution in [0.2, 0.25) is 10.0 Å². The lowest BCUT2D eigenvalue weighted by Crippen LogP contribution is -2.27. The van der Waals surface area contributed by atoms with Gasteiger partial charge in [0.2, 0.25) is 0 Å². The minimum absolute atomic E-state index is 0.126. The summed E-state index contributed by atoms with van der Waals surface area (Å²) in [5.74, 6) is 0.715. The predicted molar refractivity (Wildman–Crippen MR) is 132 cm³/mol. The number of benzene rings is 3. The molecule has 2 amide bonds. The first-order valence-electron chi connectivity index (χ1n) is 9.98. The number of ether oxygens (including phenoxy) is 2. The molecule has 1 fully saturated rings. The number of carbonyl (C=O) groups excluding carboxylic acids is 2. The van der Waals surface area contributed by atoms with E-state index < -0.39 is 0 Å². The molecule has 168 valence electrons.